The molecule has 0 aliphatic heterocycles. The van der Waals surface area contributed by atoms with Crippen LogP contribution in [0.4, 0.5) is 4.39 Å². The summed E-state index contributed by atoms with van der Waals surface area (Å²) in [5.41, 5.74) is 1.59. The molecule has 0 unspecified atom stereocenters. The molecule has 0 fully saturated rings. The number of benzene rings is 2. The number of thioether (sulfide) groups is 1. The third-order valence-electron chi connectivity index (χ3n) is 3.80. The Balaban J connectivity index is 1.65. The summed E-state index contributed by atoms with van der Waals surface area (Å²) < 4.78 is 17.4. The second-order valence-corrected chi connectivity index (χ2v) is 7.40. The quantitative estimate of drug-likeness (QED) is 0.457. The maximum absolute atomic E-state index is 13.3. The maximum atomic E-state index is 13.3. The van der Waals surface area contributed by atoms with Gasteiger partial charge in [0.15, 0.2) is 5.16 Å². The van der Waals surface area contributed by atoms with Crippen molar-refractivity contribution in [2.24, 2.45) is 0 Å². The lowest BCUT2D eigenvalue weighted by atomic mass is 10.2. The molecule has 8 heteroatoms. The molecule has 0 saturated carbocycles. The molecule has 0 spiro atoms. The highest BCUT2D eigenvalue weighted by molar-refractivity contribution is 9.10. The van der Waals surface area contributed by atoms with Crippen LogP contribution in [0, 0.1) is 5.82 Å². The summed E-state index contributed by atoms with van der Waals surface area (Å²) in [5, 5.41) is 8.72. The molecule has 0 bridgehead atoms. The van der Waals surface area contributed by atoms with Gasteiger partial charge in [0.2, 0.25) is 5.65 Å². The van der Waals surface area contributed by atoms with E-state index in [1.54, 1.807) is 22.9 Å². The van der Waals surface area contributed by atoms with Gasteiger partial charge in [-0.25, -0.2) is 4.39 Å². The van der Waals surface area contributed by atoms with Crippen molar-refractivity contribution < 1.29 is 4.39 Å². The summed E-state index contributed by atoms with van der Waals surface area (Å²) >= 11 is 4.78. The molecule has 0 N–H and O–H groups in total. The Morgan fingerprint density at radius 2 is 1.88 bits per heavy atom. The van der Waals surface area contributed by atoms with Crippen LogP contribution in [0.3, 0.4) is 0 Å². The van der Waals surface area contributed by atoms with Crippen LogP contribution in [0.2, 0.25) is 0 Å². The SMILES string of the molecule is O=c1c2nnc(SCc3cccc(F)c3)n2ccn1-c1ccc(Br)cc1. The Bertz CT molecular complexity index is 1140. The third kappa shape index (κ3) is 3.30. The fourth-order valence-electron chi connectivity index (χ4n) is 2.54. The first kappa shape index (κ1) is 17.0. The van der Waals surface area contributed by atoms with E-state index >= 15 is 0 Å². The molecule has 0 saturated heterocycles. The normalized spacial score (nSPS) is 11.2. The number of halogens is 2. The molecule has 26 heavy (non-hydrogen) atoms. The van der Waals surface area contributed by atoms with Crippen molar-refractivity contribution in [3.8, 4) is 5.69 Å². The summed E-state index contributed by atoms with van der Waals surface area (Å²) in [6.07, 6.45) is 3.45. The largest absolute Gasteiger partial charge is 0.300 e. The van der Waals surface area contributed by atoms with E-state index in [1.807, 2.05) is 30.3 Å². The van der Waals surface area contributed by atoms with Gasteiger partial charge in [0.1, 0.15) is 5.82 Å². The zero-order valence-electron chi connectivity index (χ0n) is 13.3. The van der Waals surface area contributed by atoms with Gasteiger partial charge in [-0.2, -0.15) is 0 Å². The van der Waals surface area contributed by atoms with Crippen LogP contribution in [-0.4, -0.2) is 19.2 Å². The van der Waals surface area contributed by atoms with Crippen molar-refractivity contribution in [1.29, 1.82) is 0 Å². The van der Waals surface area contributed by atoms with Crippen LogP contribution < -0.4 is 5.56 Å². The molecule has 0 aliphatic rings. The Labute approximate surface area is 160 Å². The van der Waals surface area contributed by atoms with Crippen molar-refractivity contribution in [2.75, 3.05) is 0 Å². The molecule has 2 aromatic heterocycles. The average Bonchev–Trinajstić information content (AvgIpc) is 3.05. The van der Waals surface area contributed by atoms with Crippen LogP contribution in [-0.2, 0) is 5.75 Å². The molecule has 0 radical (unpaired) electrons. The average molecular weight is 431 g/mol. The summed E-state index contributed by atoms with van der Waals surface area (Å²) in [6.45, 7) is 0. The van der Waals surface area contributed by atoms with Gasteiger partial charge < -0.3 is 0 Å². The number of fused-ring (bicyclic) bond motifs is 1. The van der Waals surface area contributed by atoms with Crippen LogP contribution >= 0.6 is 27.7 Å². The lowest BCUT2D eigenvalue weighted by Gasteiger charge is -2.06. The standard InChI is InChI=1S/C18H12BrFN4OS/c19-13-4-6-15(7-5-13)23-8-9-24-16(17(23)25)21-22-18(24)26-11-12-2-1-3-14(20)10-12/h1-10H,11H2. The van der Waals surface area contributed by atoms with Crippen molar-refractivity contribution in [2.45, 2.75) is 10.9 Å². The van der Waals surface area contributed by atoms with Crippen LogP contribution in [0.5, 0.6) is 0 Å². The molecular formula is C18H12BrFN4OS. The molecule has 4 aromatic rings. The minimum Gasteiger partial charge on any atom is -0.280 e. The Morgan fingerprint density at radius 3 is 2.65 bits per heavy atom. The molecular weight excluding hydrogens is 419 g/mol. The van der Waals surface area contributed by atoms with Crippen LogP contribution in [0.15, 0.2) is 75.3 Å². The maximum Gasteiger partial charge on any atom is 0.300 e. The Kier molecular flexibility index (Phi) is 4.60. The number of aromatic nitrogens is 4. The summed E-state index contributed by atoms with van der Waals surface area (Å²) in [6, 6.07) is 13.8. The Hall–Kier alpha value is -2.45. The number of nitrogens with zero attached hydrogens (tertiary/aromatic N) is 4. The van der Waals surface area contributed by atoms with Gasteiger partial charge in [-0.15, -0.1) is 10.2 Å². The topological polar surface area (TPSA) is 52.2 Å². The molecule has 2 heterocycles. The fourth-order valence-corrected chi connectivity index (χ4v) is 3.67. The van der Waals surface area contributed by atoms with Crippen molar-refractivity contribution in [1.82, 2.24) is 19.2 Å². The van der Waals surface area contributed by atoms with Crippen LogP contribution in [0.25, 0.3) is 11.3 Å². The van der Waals surface area contributed by atoms with E-state index in [0.29, 0.717) is 10.9 Å². The number of hydrogen-bond donors (Lipinski definition) is 0. The first-order valence-corrected chi connectivity index (χ1v) is 9.49. The zero-order chi connectivity index (χ0) is 18.1. The molecule has 0 amide bonds. The highest BCUT2D eigenvalue weighted by atomic mass is 79.9. The monoisotopic (exact) mass is 430 g/mol. The van der Waals surface area contributed by atoms with E-state index in [1.165, 1.54) is 28.5 Å². The summed E-state index contributed by atoms with van der Waals surface area (Å²) in [4.78, 5) is 12.7. The molecule has 130 valence electrons. The van der Waals surface area contributed by atoms with Crippen molar-refractivity contribution in [3.63, 3.8) is 0 Å². The molecule has 4 rings (SSSR count). The van der Waals surface area contributed by atoms with E-state index in [-0.39, 0.29) is 17.0 Å². The van der Waals surface area contributed by atoms with Gasteiger partial charge >= 0.3 is 5.56 Å². The highest BCUT2D eigenvalue weighted by Gasteiger charge is 2.12. The van der Waals surface area contributed by atoms with Gasteiger partial charge in [0, 0.05) is 28.3 Å². The van der Waals surface area contributed by atoms with Gasteiger partial charge in [-0.05, 0) is 42.0 Å². The van der Waals surface area contributed by atoms with E-state index < -0.39 is 0 Å². The minimum absolute atomic E-state index is 0.247. The molecule has 2 aromatic carbocycles. The predicted octanol–water partition coefficient (Wildman–Crippen LogP) is 4.07. The van der Waals surface area contributed by atoms with Crippen LogP contribution in [0.1, 0.15) is 5.56 Å². The second-order valence-electron chi connectivity index (χ2n) is 5.54. The first-order valence-electron chi connectivity index (χ1n) is 7.71. The van der Waals surface area contributed by atoms with E-state index in [0.717, 1.165) is 15.7 Å². The molecule has 5 nitrogen and oxygen atoms in total. The zero-order valence-corrected chi connectivity index (χ0v) is 15.7. The van der Waals surface area contributed by atoms with E-state index in [9.17, 15) is 9.18 Å². The molecule has 0 atom stereocenters. The van der Waals surface area contributed by atoms with Gasteiger partial charge in [-0.3, -0.25) is 13.8 Å². The first-order chi connectivity index (χ1) is 12.6. The highest BCUT2D eigenvalue weighted by Crippen LogP contribution is 2.21. The van der Waals surface area contributed by atoms with Gasteiger partial charge in [-0.1, -0.05) is 39.8 Å². The fraction of sp³-hybridized carbons (Fsp3) is 0.0556. The van der Waals surface area contributed by atoms with Gasteiger partial charge in [0.05, 0.1) is 0 Å². The predicted molar refractivity (Wildman–Crippen MR) is 102 cm³/mol. The second kappa shape index (κ2) is 7.05. The Morgan fingerprint density at radius 1 is 1.08 bits per heavy atom. The van der Waals surface area contributed by atoms with E-state index in [2.05, 4.69) is 26.1 Å². The summed E-state index contributed by atoms with van der Waals surface area (Å²) in [5.74, 6) is 0.264. The lowest BCUT2D eigenvalue weighted by molar-refractivity contribution is 0.626. The molecule has 0 aliphatic carbocycles. The van der Waals surface area contributed by atoms with Crippen molar-refractivity contribution >= 4 is 33.3 Å². The number of hydrogen-bond acceptors (Lipinski definition) is 4. The smallest absolute Gasteiger partial charge is 0.280 e. The van der Waals surface area contributed by atoms with Gasteiger partial charge in [0.25, 0.3) is 0 Å². The third-order valence-corrected chi connectivity index (χ3v) is 5.34. The van der Waals surface area contributed by atoms with Crippen molar-refractivity contribution in [3.05, 3.63) is 87.1 Å². The summed E-state index contributed by atoms with van der Waals surface area (Å²) in [7, 11) is 0. The van der Waals surface area contributed by atoms with E-state index in [4.69, 9.17) is 0 Å². The number of rotatable bonds is 4. The lowest BCUT2D eigenvalue weighted by Crippen LogP contribution is -2.20. The minimum atomic E-state index is -0.272.